The van der Waals surface area contributed by atoms with Gasteiger partial charge in [0.05, 0.1) is 11.6 Å². The van der Waals surface area contributed by atoms with E-state index < -0.39 is 0 Å². The second-order valence-corrected chi connectivity index (χ2v) is 7.60. The molecule has 2 aliphatic carbocycles. The van der Waals surface area contributed by atoms with Crippen LogP contribution in [-0.2, 0) is 4.74 Å². The molecule has 0 radical (unpaired) electrons. The number of hydrogen-bond donors (Lipinski definition) is 3. The van der Waals surface area contributed by atoms with Gasteiger partial charge in [0.25, 0.3) is 0 Å². The number of nitrogens with zero attached hydrogens (tertiary/aromatic N) is 3. The van der Waals surface area contributed by atoms with Crippen molar-refractivity contribution in [3.63, 3.8) is 0 Å². The van der Waals surface area contributed by atoms with E-state index in [0.717, 1.165) is 37.8 Å². The molecule has 1 amide bonds. The number of nitriles is 1. The van der Waals surface area contributed by atoms with E-state index in [0.29, 0.717) is 17.2 Å². The van der Waals surface area contributed by atoms with Crippen LogP contribution in [-0.4, -0.2) is 32.9 Å². The summed E-state index contributed by atoms with van der Waals surface area (Å²) in [7, 11) is 0. The van der Waals surface area contributed by atoms with Crippen LogP contribution < -0.4 is 10.6 Å². The number of aromatic amines is 1. The van der Waals surface area contributed by atoms with E-state index in [1.54, 1.807) is 18.3 Å². The van der Waals surface area contributed by atoms with Crippen molar-refractivity contribution in [3.05, 3.63) is 35.7 Å². The van der Waals surface area contributed by atoms with Gasteiger partial charge >= 0.3 is 6.09 Å². The van der Waals surface area contributed by atoms with Crippen molar-refractivity contribution in [1.82, 2.24) is 20.5 Å². The van der Waals surface area contributed by atoms with E-state index in [1.807, 2.05) is 13.0 Å². The number of hydrogen-bond acceptors (Lipinski definition) is 6. The number of ether oxygens (including phenoxy) is 1. The fraction of sp³-hybridized carbons (Fsp3) is 0.474. The summed E-state index contributed by atoms with van der Waals surface area (Å²) in [5.74, 6) is 1.50. The number of carbonyl (C=O) groups excluding carboxylic acids is 1. The zero-order chi connectivity index (χ0) is 18.9. The fourth-order valence-electron chi connectivity index (χ4n) is 3.38. The molecular formula is C19H22N6O2. The number of pyridine rings is 1. The number of H-pyrrole nitrogens is 1. The first-order valence-corrected chi connectivity index (χ1v) is 9.20. The van der Waals surface area contributed by atoms with Gasteiger partial charge < -0.3 is 15.4 Å². The number of alkyl carbamates (subject to hydrolysis) is 1. The van der Waals surface area contributed by atoms with E-state index in [-0.39, 0.29) is 23.7 Å². The predicted molar refractivity (Wildman–Crippen MR) is 98.5 cm³/mol. The Balaban J connectivity index is 1.32. The first-order valence-electron chi connectivity index (χ1n) is 9.20. The molecular weight excluding hydrogens is 344 g/mol. The van der Waals surface area contributed by atoms with Crippen LogP contribution in [0.15, 0.2) is 24.4 Å². The zero-order valence-corrected chi connectivity index (χ0v) is 15.2. The third-order valence-corrected chi connectivity index (χ3v) is 5.24. The van der Waals surface area contributed by atoms with Crippen LogP contribution in [0, 0.1) is 11.3 Å². The van der Waals surface area contributed by atoms with Crippen molar-refractivity contribution < 1.29 is 9.53 Å². The molecule has 0 bridgehead atoms. The number of nitrogens with one attached hydrogen (secondary N) is 3. The molecule has 27 heavy (non-hydrogen) atoms. The van der Waals surface area contributed by atoms with Crippen LogP contribution in [0.2, 0.25) is 0 Å². The van der Waals surface area contributed by atoms with Gasteiger partial charge in [-0.2, -0.15) is 10.4 Å². The lowest BCUT2D eigenvalue weighted by molar-refractivity contribution is 0.0967. The fourth-order valence-corrected chi connectivity index (χ4v) is 3.38. The molecule has 2 aliphatic rings. The van der Waals surface area contributed by atoms with Gasteiger partial charge in [-0.05, 0) is 51.2 Å². The average Bonchev–Trinajstić information content (AvgIpc) is 3.02. The van der Waals surface area contributed by atoms with Crippen molar-refractivity contribution in [1.29, 1.82) is 5.26 Å². The van der Waals surface area contributed by atoms with Crippen LogP contribution in [0.4, 0.5) is 16.4 Å². The Morgan fingerprint density at radius 3 is 3.00 bits per heavy atom. The molecule has 0 unspecified atom stereocenters. The topological polar surface area (TPSA) is 116 Å². The first kappa shape index (κ1) is 17.3. The molecule has 8 nitrogen and oxygen atoms in total. The van der Waals surface area contributed by atoms with Gasteiger partial charge in [-0.15, -0.1) is 0 Å². The Hall–Kier alpha value is -3.08. The molecule has 2 saturated carbocycles. The lowest BCUT2D eigenvalue weighted by Gasteiger charge is -2.16. The highest BCUT2D eigenvalue weighted by Crippen LogP contribution is 2.37. The van der Waals surface area contributed by atoms with Crippen molar-refractivity contribution >= 4 is 17.7 Å². The molecule has 2 fully saturated rings. The Kier molecular flexibility index (Phi) is 4.44. The van der Waals surface area contributed by atoms with E-state index in [1.165, 1.54) is 0 Å². The van der Waals surface area contributed by atoms with E-state index >= 15 is 0 Å². The minimum atomic E-state index is -0.309. The van der Waals surface area contributed by atoms with Crippen molar-refractivity contribution in [2.75, 3.05) is 5.32 Å². The Labute approximate surface area is 157 Å². The summed E-state index contributed by atoms with van der Waals surface area (Å²) in [6.07, 6.45) is 5.83. The summed E-state index contributed by atoms with van der Waals surface area (Å²) in [6, 6.07) is 7.36. The largest absolute Gasteiger partial charge is 0.446 e. The van der Waals surface area contributed by atoms with Gasteiger partial charge in [0.2, 0.25) is 0 Å². The van der Waals surface area contributed by atoms with Crippen LogP contribution in [0.1, 0.15) is 56.2 Å². The van der Waals surface area contributed by atoms with Crippen LogP contribution in [0.25, 0.3) is 0 Å². The summed E-state index contributed by atoms with van der Waals surface area (Å²) in [5, 5.41) is 22.3. The van der Waals surface area contributed by atoms with Gasteiger partial charge in [-0.3, -0.25) is 5.10 Å². The van der Waals surface area contributed by atoms with Gasteiger partial charge in [0, 0.05) is 29.4 Å². The molecule has 140 valence electrons. The quantitative estimate of drug-likeness (QED) is 0.747. The molecule has 2 atom stereocenters. The smallest absolute Gasteiger partial charge is 0.407 e. The van der Waals surface area contributed by atoms with Gasteiger partial charge in [0.1, 0.15) is 11.9 Å². The minimum Gasteiger partial charge on any atom is -0.446 e. The van der Waals surface area contributed by atoms with Gasteiger partial charge in [-0.25, -0.2) is 9.78 Å². The summed E-state index contributed by atoms with van der Waals surface area (Å²) in [4.78, 5) is 16.2. The first-order chi connectivity index (χ1) is 13.0. The summed E-state index contributed by atoms with van der Waals surface area (Å²) in [6.45, 7) is 2.03. The predicted octanol–water partition coefficient (Wildman–Crippen LogP) is 3.33. The number of carbonyl (C=O) groups is 1. The highest BCUT2D eigenvalue weighted by atomic mass is 16.6. The number of anilines is 2. The van der Waals surface area contributed by atoms with Gasteiger partial charge in [0.15, 0.2) is 5.82 Å². The number of aromatic nitrogens is 3. The highest BCUT2D eigenvalue weighted by Gasteiger charge is 2.40. The SMILES string of the molecule is CC1(NC(=O)O[C@@H]2CC[C@H](c3cc(Nc4cc(C#N)ccn4)n[nH]3)C2)CC1. The molecule has 2 heterocycles. The summed E-state index contributed by atoms with van der Waals surface area (Å²) >= 11 is 0. The van der Waals surface area contributed by atoms with Crippen molar-refractivity contribution in [3.8, 4) is 6.07 Å². The molecule has 2 aromatic rings. The van der Waals surface area contributed by atoms with Crippen LogP contribution in [0.3, 0.4) is 0 Å². The maximum atomic E-state index is 12.0. The third-order valence-electron chi connectivity index (χ3n) is 5.24. The molecule has 0 aliphatic heterocycles. The third kappa shape index (κ3) is 4.19. The summed E-state index contributed by atoms with van der Waals surface area (Å²) < 4.78 is 5.57. The van der Waals surface area contributed by atoms with Crippen LogP contribution >= 0.6 is 0 Å². The van der Waals surface area contributed by atoms with Gasteiger partial charge in [-0.1, -0.05) is 0 Å². The number of amides is 1. The molecule has 4 rings (SSSR count). The lowest BCUT2D eigenvalue weighted by atomic mass is 10.0. The molecule has 0 saturated heterocycles. The molecule has 2 aromatic heterocycles. The van der Waals surface area contributed by atoms with Crippen LogP contribution in [0.5, 0.6) is 0 Å². The monoisotopic (exact) mass is 366 g/mol. The maximum Gasteiger partial charge on any atom is 0.407 e. The Bertz CT molecular complexity index is 882. The standard InChI is InChI=1S/C19H22N6O2/c1-19(5-6-19)23-18(26)27-14-3-2-13(9-14)15-10-17(25-24-15)22-16-8-12(11-20)4-7-21-16/h4,7-8,10,13-14H,2-3,5-6,9H2,1H3,(H,23,26)(H2,21,22,24,25)/t13-,14+/m0/s1. The van der Waals surface area contributed by atoms with E-state index in [4.69, 9.17) is 10.00 Å². The Morgan fingerprint density at radius 1 is 1.37 bits per heavy atom. The second-order valence-electron chi connectivity index (χ2n) is 7.60. The average molecular weight is 366 g/mol. The number of rotatable bonds is 5. The van der Waals surface area contributed by atoms with E-state index in [9.17, 15) is 4.79 Å². The normalized spacial score (nSPS) is 22.7. The van der Waals surface area contributed by atoms with E-state index in [2.05, 4.69) is 31.9 Å². The highest BCUT2D eigenvalue weighted by molar-refractivity contribution is 5.69. The van der Waals surface area contributed by atoms with Crippen molar-refractivity contribution in [2.45, 2.75) is 56.6 Å². The summed E-state index contributed by atoms with van der Waals surface area (Å²) in [5.41, 5.74) is 1.49. The maximum absolute atomic E-state index is 12.0. The molecule has 0 spiro atoms. The lowest BCUT2D eigenvalue weighted by Crippen LogP contribution is -2.36. The molecule has 3 N–H and O–H groups in total. The van der Waals surface area contributed by atoms with Crippen molar-refractivity contribution in [2.24, 2.45) is 0 Å². The molecule has 0 aromatic carbocycles. The molecule has 8 heteroatoms. The second kappa shape index (κ2) is 6.91. The Morgan fingerprint density at radius 2 is 2.22 bits per heavy atom. The minimum absolute atomic E-state index is 0.0596. The zero-order valence-electron chi connectivity index (χ0n) is 15.2.